The van der Waals surface area contributed by atoms with Crippen LogP contribution in [-0.4, -0.2) is 35.2 Å². The zero-order valence-electron chi connectivity index (χ0n) is 12.5. The molecule has 2 rings (SSSR count). The van der Waals surface area contributed by atoms with Crippen molar-refractivity contribution >= 4 is 11.6 Å². The molecule has 6 heteroatoms. The molecule has 2 aromatic rings. The molecular weight excluding hydrogens is 266 g/mol. The average Bonchev–Trinajstić information content (AvgIpc) is 2.53. The van der Waals surface area contributed by atoms with Crippen molar-refractivity contribution in [1.29, 1.82) is 0 Å². The molecule has 0 radical (unpaired) electrons. The van der Waals surface area contributed by atoms with E-state index in [4.69, 9.17) is 4.74 Å². The molecular formula is C15H21N5O. The Labute approximate surface area is 125 Å². The van der Waals surface area contributed by atoms with E-state index in [1.165, 1.54) is 5.56 Å². The van der Waals surface area contributed by atoms with Gasteiger partial charge in [0.2, 0.25) is 0 Å². The second-order valence-electron chi connectivity index (χ2n) is 4.48. The number of anilines is 2. The van der Waals surface area contributed by atoms with E-state index in [1.54, 1.807) is 6.20 Å². The predicted octanol–water partition coefficient (Wildman–Crippen LogP) is 2.10. The Morgan fingerprint density at radius 3 is 2.81 bits per heavy atom. The fourth-order valence-electron chi connectivity index (χ4n) is 1.85. The van der Waals surface area contributed by atoms with Crippen LogP contribution in [0.4, 0.5) is 11.6 Å². The molecule has 2 heterocycles. The first-order valence-corrected chi connectivity index (χ1v) is 7.08. The highest BCUT2D eigenvalue weighted by Crippen LogP contribution is 2.11. The Kier molecular flexibility index (Phi) is 5.90. The lowest BCUT2D eigenvalue weighted by atomic mass is 10.2. The molecule has 0 aliphatic carbocycles. The van der Waals surface area contributed by atoms with Gasteiger partial charge in [0.1, 0.15) is 18.2 Å². The van der Waals surface area contributed by atoms with E-state index in [0.29, 0.717) is 19.0 Å². The number of nitrogens with zero attached hydrogens (tertiary/aromatic N) is 3. The minimum atomic E-state index is 0.420. The number of ether oxygens (including phenoxy) is 1. The van der Waals surface area contributed by atoms with Crippen molar-refractivity contribution in [1.82, 2.24) is 15.0 Å². The zero-order valence-corrected chi connectivity index (χ0v) is 12.5. The van der Waals surface area contributed by atoms with E-state index in [9.17, 15) is 0 Å². The molecule has 0 aliphatic rings. The number of rotatable bonds is 8. The van der Waals surface area contributed by atoms with Gasteiger partial charge in [-0.2, -0.15) is 0 Å². The van der Waals surface area contributed by atoms with Crippen LogP contribution < -0.4 is 10.6 Å². The Morgan fingerprint density at radius 1 is 1.24 bits per heavy atom. The summed E-state index contributed by atoms with van der Waals surface area (Å²) in [5.41, 5.74) is 1.20. The average molecular weight is 287 g/mol. The van der Waals surface area contributed by atoms with Crippen molar-refractivity contribution in [3.8, 4) is 0 Å². The largest absolute Gasteiger partial charge is 0.374 e. The van der Waals surface area contributed by atoms with Crippen LogP contribution in [0.3, 0.4) is 0 Å². The number of pyridine rings is 1. The van der Waals surface area contributed by atoms with Crippen molar-refractivity contribution in [3.63, 3.8) is 0 Å². The van der Waals surface area contributed by atoms with Gasteiger partial charge in [-0.15, -0.1) is 0 Å². The van der Waals surface area contributed by atoms with Gasteiger partial charge in [0.05, 0.1) is 0 Å². The number of hydrogen-bond donors (Lipinski definition) is 2. The van der Waals surface area contributed by atoms with Gasteiger partial charge in [-0.25, -0.2) is 9.97 Å². The molecule has 0 saturated heterocycles. The maximum absolute atomic E-state index is 5.36. The first-order valence-electron chi connectivity index (χ1n) is 7.08. The van der Waals surface area contributed by atoms with E-state index in [0.717, 1.165) is 24.6 Å². The third-order valence-electron chi connectivity index (χ3n) is 2.91. The summed E-state index contributed by atoms with van der Waals surface area (Å²) in [7, 11) is 1.84. The normalized spacial score (nSPS) is 10.4. The van der Waals surface area contributed by atoms with E-state index in [-0.39, 0.29) is 0 Å². The Balaban J connectivity index is 1.95. The summed E-state index contributed by atoms with van der Waals surface area (Å²) < 4.78 is 5.36. The van der Waals surface area contributed by atoms with Gasteiger partial charge in [-0.05, 0) is 25.0 Å². The van der Waals surface area contributed by atoms with Crippen molar-refractivity contribution in [2.75, 3.05) is 30.8 Å². The van der Waals surface area contributed by atoms with E-state index in [2.05, 4.69) is 31.7 Å². The molecule has 0 amide bonds. The monoisotopic (exact) mass is 287 g/mol. The lowest BCUT2D eigenvalue weighted by Crippen LogP contribution is -2.10. The van der Waals surface area contributed by atoms with Crippen LogP contribution in [0, 0.1) is 0 Å². The third-order valence-corrected chi connectivity index (χ3v) is 2.91. The van der Waals surface area contributed by atoms with Gasteiger partial charge in [0.15, 0.2) is 5.82 Å². The topological polar surface area (TPSA) is 72.0 Å². The molecule has 0 aliphatic heterocycles. The maximum Gasteiger partial charge on any atom is 0.158 e. The zero-order chi connectivity index (χ0) is 14.9. The molecule has 0 bridgehead atoms. The lowest BCUT2D eigenvalue weighted by Gasteiger charge is -2.10. The third kappa shape index (κ3) is 5.00. The van der Waals surface area contributed by atoms with Crippen molar-refractivity contribution in [3.05, 3.63) is 42.0 Å². The highest BCUT2D eigenvalue weighted by molar-refractivity contribution is 5.47. The van der Waals surface area contributed by atoms with Gasteiger partial charge in [0, 0.05) is 38.7 Å². The second-order valence-corrected chi connectivity index (χ2v) is 4.48. The fourth-order valence-corrected chi connectivity index (χ4v) is 1.85. The molecule has 6 nitrogen and oxygen atoms in total. The summed E-state index contributed by atoms with van der Waals surface area (Å²) >= 11 is 0. The quantitative estimate of drug-likeness (QED) is 0.774. The van der Waals surface area contributed by atoms with Crippen LogP contribution in [0.2, 0.25) is 0 Å². The molecule has 0 saturated carbocycles. The smallest absolute Gasteiger partial charge is 0.158 e. The van der Waals surface area contributed by atoms with Crippen LogP contribution in [0.25, 0.3) is 0 Å². The van der Waals surface area contributed by atoms with Crippen LogP contribution in [0.5, 0.6) is 0 Å². The summed E-state index contributed by atoms with van der Waals surface area (Å²) in [6, 6.07) is 5.90. The maximum atomic E-state index is 5.36. The van der Waals surface area contributed by atoms with Crippen molar-refractivity contribution < 1.29 is 4.74 Å². The van der Waals surface area contributed by atoms with Crippen LogP contribution in [0.15, 0.2) is 30.6 Å². The molecule has 21 heavy (non-hydrogen) atoms. The number of nitrogens with one attached hydrogen (secondary N) is 2. The summed E-state index contributed by atoms with van der Waals surface area (Å²) in [4.78, 5) is 12.9. The highest BCUT2D eigenvalue weighted by Gasteiger charge is 2.04. The van der Waals surface area contributed by atoms with Crippen LogP contribution >= 0.6 is 0 Å². The summed E-state index contributed by atoms with van der Waals surface area (Å²) in [5.74, 6) is 2.25. The van der Waals surface area contributed by atoms with Crippen LogP contribution in [0.1, 0.15) is 18.3 Å². The first kappa shape index (κ1) is 15.2. The predicted molar refractivity (Wildman–Crippen MR) is 83.3 cm³/mol. The SMILES string of the molecule is CCOCc1nc(NC)cc(NCCc2cccnc2)n1. The fraction of sp³-hybridized carbons (Fsp3) is 0.400. The van der Waals surface area contributed by atoms with Crippen molar-refractivity contribution in [2.24, 2.45) is 0 Å². The van der Waals surface area contributed by atoms with Crippen molar-refractivity contribution in [2.45, 2.75) is 20.0 Å². The summed E-state index contributed by atoms with van der Waals surface area (Å²) in [6.45, 7) is 3.81. The van der Waals surface area contributed by atoms with Gasteiger partial charge < -0.3 is 15.4 Å². The molecule has 2 N–H and O–H groups in total. The Morgan fingerprint density at radius 2 is 2.10 bits per heavy atom. The summed E-state index contributed by atoms with van der Waals surface area (Å²) in [5, 5.41) is 6.35. The van der Waals surface area contributed by atoms with Gasteiger partial charge in [-0.1, -0.05) is 6.07 Å². The molecule has 0 spiro atoms. The molecule has 0 atom stereocenters. The van der Waals surface area contributed by atoms with E-state index >= 15 is 0 Å². The highest BCUT2D eigenvalue weighted by atomic mass is 16.5. The lowest BCUT2D eigenvalue weighted by molar-refractivity contribution is 0.128. The summed E-state index contributed by atoms with van der Waals surface area (Å²) in [6.07, 6.45) is 4.55. The van der Waals surface area contributed by atoms with Gasteiger partial charge >= 0.3 is 0 Å². The number of aromatic nitrogens is 3. The minimum absolute atomic E-state index is 0.420. The van der Waals surface area contributed by atoms with Gasteiger partial charge in [0.25, 0.3) is 0 Å². The van der Waals surface area contributed by atoms with Crippen LogP contribution in [-0.2, 0) is 17.8 Å². The molecule has 0 aromatic carbocycles. The minimum Gasteiger partial charge on any atom is -0.374 e. The number of hydrogen-bond acceptors (Lipinski definition) is 6. The van der Waals surface area contributed by atoms with Gasteiger partial charge in [-0.3, -0.25) is 4.98 Å². The Hall–Kier alpha value is -2.21. The molecule has 0 unspecified atom stereocenters. The van der Waals surface area contributed by atoms with E-state index in [1.807, 2.05) is 32.3 Å². The first-order chi connectivity index (χ1) is 10.3. The Bertz CT molecular complexity index is 547. The molecule has 2 aromatic heterocycles. The standard InChI is InChI=1S/C15H21N5O/c1-3-21-11-15-19-13(16-2)9-14(20-15)18-8-6-12-5-4-7-17-10-12/h4-5,7,9-10H,3,6,8,11H2,1-2H3,(H2,16,18,19,20). The molecule has 0 fully saturated rings. The second kappa shape index (κ2) is 8.16. The van der Waals surface area contributed by atoms with E-state index < -0.39 is 0 Å². The molecule has 112 valence electrons.